The molecule has 0 radical (unpaired) electrons. The van der Waals surface area contributed by atoms with Crippen LogP contribution >= 0.6 is 12.6 Å². The lowest BCUT2D eigenvalue weighted by molar-refractivity contribution is 0.0697. The molecule has 0 aliphatic heterocycles. The maximum atomic E-state index is 10.9. The second-order valence-corrected chi connectivity index (χ2v) is 6.06. The summed E-state index contributed by atoms with van der Waals surface area (Å²) >= 11 is 4.40. The highest BCUT2D eigenvalue weighted by atomic mass is 32.1. The van der Waals surface area contributed by atoms with Crippen LogP contribution in [0, 0.1) is 0 Å². The Morgan fingerprint density at radius 1 is 1.00 bits per heavy atom. The minimum absolute atomic E-state index is 0.256. The number of aliphatic imine (C=N–C) groups is 1. The summed E-state index contributed by atoms with van der Waals surface area (Å²) in [7, 11) is 0. The van der Waals surface area contributed by atoms with Gasteiger partial charge >= 0.3 is 5.97 Å². The van der Waals surface area contributed by atoms with E-state index in [2.05, 4.69) is 17.6 Å². The van der Waals surface area contributed by atoms with Gasteiger partial charge in [0.15, 0.2) is 0 Å². The Hall–Kier alpha value is -3.05. The third kappa shape index (κ3) is 4.52. The van der Waals surface area contributed by atoms with Crippen LogP contribution in [0.4, 0.5) is 5.69 Å². The lowest BCUT2D eigenvalue weighted by Gasteiger charge is -2.09. The van der Waals surface area contributed by atoms with Crippen LogP contribution in [0.3, 0.4) is 0 Å². The fourth-order valence-electron chi connectivity index (χ4n) is 2.34. The van der Waals surface area contributed by atoms with Crippen LogP contribution in [0.5, 0.6) is 5.75 Å². The van der Waals surface area contributed by atoms with Crippen molar-refractivity contribution in [2.75, 3.05) is 0 Å². The summed E-state index contributed by atoms with van der Waals surface area (Å²) < 4.78 is 5.88. The molecule has 1 N–H and O–H groups in total. The van der Waals surface area contributed by atoms with E-state index in [9.17, 15) is 4.79 Å². The van der Waals surface area contributed by atoms with Gasteiger partial charge in [0, 0.05) is 16.7 Å². The van der Waals surface area contributed by atoms with Crippen LogP contribution in [0.15, 0.2) is 82.7 Å². The van der Waals surface area contributed by atoms with Gasteiger partial charge in [0.1, 0.15) is 12.4 Å². The topological polar surface area (TPSA) is 58.9 Å². The monoisotopic (exact) mass is 363 g/mol. The van der Waals surface area contributed by atoms with Gasteiger partial charge < -0.3 is 9.84 Å². The predicted molar refractivity (Wildman–Crippen MR) is 105 cm³/mol. The zero-order chi connectivity index (χ0) is 18.4. The number of para-hydroxylation sites is 2. The van der Waals surface area contributed by atoms with E-state index in [0.29, 0.717) is 12.4 Å². The molecular formula is C21H17NO3S. The lowest BCUT2D eigenvalue weighted by atomic mass is 10.1. The summed E-state index contributed by atoms with van der Waals surface area (Å²) in [6, 6.07) is 21.8. The number of aromatic carboxylic acids is 1. The van der Waals surface area contributed by atoms with Crippen LogP contribution in [-0.4, -0.2) is 17.3 Å². The molecule has 130 valence electrons. The van der Waals surface area contributed by atoms with Crippen molar-refractivity contribution in [2.45, 2.75) is 11.5 Å². The van der Waals surface area contributed by atoms with Crippen molar-refractivity contribution in [2.24, 2.45) is 4.99 Å². The van der Waals surface area contributed by atoms with Gasteiger partial charge in [-0.05, 0) is 42.0 Å². The Morgan fingerprint density at radius 3 is 2.42 bits per heavy atom. The van der Waals surface area contributed by atoms with Crippen molar-refractivity contribution in [1.82, 2.24) is 0 Å². The van der Waals surface area contributed by atoms with Gasteiger partial charge in [-0.3, -0.25) is 4.99 Å². The van der Waals surface area contributed by atoms with Crippen molar-refractivity contribution in [3.8, 4) is 5.75 Å². The second kappa shape index (κ2) is 8.36. The number of hydrogen-bond acceptors (Lipinski definition) is 4. The van der Waals surface area contributed by atoms with Gasteiger partial charge in [-0.25, -0.2) is 4.79 Å². The van der Waals surface area contributed by atoms with E-state index in [4.69, 9.17) is 9.84 Å². The molecular weight excluding hydrogens is 346 g/mol. The van der Waals surface area contributed by atoms with Crippen LogP contribution in [-0.2, 0) is 6.61 Å². The molecule has 0 fully saturated rings. The van der Waals surface area contributed by atoms with E-state index in [0.717, 1.165) is 21.7 Å². The van der Waals surface area contributed by atoms with Crippen molar-refractivity contribution in [1.29, 1.82) is 0 Å². The van der Waals surface area contributed by atoms with Gasteiger partial charge in [0.2, 0.25) is 0 Å². The molecule has 0 aliphatic rings. The number of benzene rings is 3. The molecule has 0 atom stereocenters. The normalized spacial score (nSPS) is 10.8. The van der Waals surface area contributed by atoms with Crippen molar-refractivity contribution >= 4 is 30.5 Å². The first-order chi connectivity index (χ1) is 12.6. The Morgan fingerprint density at radius 2 is 1.69 bits per heavy atom. The number of carboxylic acid groups (broad SMARTS) is 1. The summed E-state index contributed by atoms with van der Waals surface area (Å²) in [5.41, 5.74) is 2.79. The third-order valence-electron chi connectivity index (χ3n) is 3.74. The Kier molecular flexibility index (Phi) is 5.71. The Labute approximate surface area is 157 Å². The van der Waals surface area contributed by atoms with Gasteiger partial charge in [-0.1, -0.05) is 36.4 Å². The molecule has 0 spiro atoms. The van der Waals surface area contributed by atoms with Gasteiger partial charge in [0.05, 0.1) is 11.3 Å². The standard InChI is InChI=1S/C21H17NO3S/c23-21(24)16-11-9-15(10-12-16)14-25-19-7-3-1-5-17(19)13-22-18-6-2-4-8-20(18)26/h1-13,26H,14H2,(H,23,24). The molecule has 26 heavy (non-hydrogen) atoms. The van der Waals surface area contributed by atoms with Gasteiger partial charge in [-0.15, -0.1) is 12.6 Å². The van der Waals surface area contributed by atoms with E-state index < -0.39 is 5.97 Å². The van der Waals surface area contributed by atoms with Gasteiger partial charge in [-0.2, -0.15) is 0 Å². The largest absolute Gasteiger partial charge is 0.488 e. The van der Waals surface area contributed by atoms with Crippen molar-refractivity contribution in [3.05, 3.63) is 89.5 Å². The molecule has 0 unspecified atom stereocenters. The first-order valence-corrected chi connectivity index (χ1v) is 8.44. The maximum Gasteiger partial charge on any atom is 0.335 e. The number of nitrogens with zero attached hydrogens (tertiary/aromatic N) is 1. The van der Waals surface area contributed by atoms with Crippen LogP contribution < -0.4 is 4.74 Å². The number of ether oxygens (including phenoxy) is 1. The van der Waals surface area contributed by atoms with E-state index >= 15 is 0 Å². The van der Waals surface area contributed by atoms with E-state index in [1.165, 1.54) is 0 Å². The first kappa shape index (κ1) is 17.8. The molecule has 3 aromatic rings. The molecule has 5 heteroatoms. The second-order valence-electron chi connectivity index (χ2n) is 5.58. The Bertz CT molecular complexity index is 936. The zero-order valence-electron chi connectivity index (χ0n) is 13.9. The molecule has 0 saturated carbocycles. The third-order valence-corrected chi connectivity index (χ3v) is 4.12. The first-order valence-electron chi connectivity index (χ1n) is 7.99. The fraction of sp³-hybridized carbons (Fsp3) is 0.0476. The summed E-state index contributed by atoms with van der Waals surface area (Å²) in [6.07, 6.45) is 1.75. The number of carboxylic acids is 1. The summed E-state index contributed by atoms with van der Waals surface area (Å²) in [6.45, 7) is 0.341. The minimum atomic E-state index is -0.941. The van der Waals surface area contributed by atoms with Crippen molar-refractivity contribution < 1.29 is 14.6 Å². The number of thiol groups is 1. The average Bonchev–Trinajstić information content (AvgIpc) is 2.66. The van der Waals surface area contributed by atoms with E-state index in [-0.39, 0.29) is 5.56 Å². The highest BCUT2D eigenvalue weighted by Gasteiger charge is 2.04. The zero-order valence-corrected chi connectivity index (χ0v) is 14.8. The SMILES string of the molecule is O=C(O)c1ccc(COc2ccccc2C=Nc2ccccc2S)cc1. The highest BCUT2D eigenvalue weighted by molar-refractivity contribution is 7.80. The molecule has 3 aromatic carbocycles. The molecule has 0 aliphatic carbocycles. The fourth-order valence-corrected chi connectivity index (χ4v) is 2.55. The molecule has 0 aromatic heterocycles. The quantitative estimate of drug-likeness (QED) is 0.478. The molecule has 0 amide bonds. The average molecular weight is 363 g/mol. The number of hydrogen-bond donors (Lipinski definition) is 2. The summed E-state index contributed by atoms with van der Waals surface area (Å²) in [4.78, 5) is 16.2. The Balaban J connectivity index is 1.73. The number of carbonyl (C=O) groups is 1. The predicted octanol–water partition coefficient (Wildman–Crippen LogP) is 5.00. The lowest BCUT2D eigenvalue weighted by Crippen LogP contribution is -2.00. The summed E-state index contributed by atoms with van der Waals surface area (Å²) in [5.74, 6) is -0.237. The van der Waals surface area contributed by atoms with Gasteiger partial charge in [0.25, 0.3) is 0 Å². The molecule has 0 heterocycles. The van der Waals surface area contributed by atoms with E-state index in [1.807, 2.05) is 48.5 Å². The molecule has 3 rings (SSSR count). The highest BCUT2D eigenvalue weighted by Crippen LogP contribution is 2.23. The number of rotatable bonds is 6. The van der Waals surface area contributed by atoms with Crippen LogP contribution in [0.2, 0.25) is 0 Å². The summed E-state index contributed by atoms with van der Waals surface area (Å²) in [5, 5.41) is 8.94. The molecule has 0 saturated heterocycles. The van der Waals surface area contributed by atoms with Crippen LogP contribution in [0.25, 0.3) is 0 Å². The van der Waals surface area contributed by atoms with Crippen LogP contribution in [0.1, 0.15) is 21.5 Å². The van der Waals surface area contributed by atoms with Crippen molar-refractivity contribution in [3.63, 3.8) is 0 Å². The minimum Gasteiger partial charge on any atom is -0.488 e. The molecule has 0 bridgehead atoms. The smallest absolute Gasteiger partial charge is 0.335 e. The molecule has 4 nitrogen and oxygen atoms in total. The maximum absolute atomic E-state index is 10.9. The van der Waals surface area contributed by atoms with E-state index in [1.54, 1.807) is 30.5 Å².